The molecule has 2 aromatic carbocycles. The monoisotopic (exact) mass is 523 g/mol. The Balaban J connectivity index is 1.44. The number of carbonyl (C=O) groups is 2. The maximum absolute atomic E-state index is 13.0. The molecule has 0 fully saturated rings. The highest BCUT2D eigenvalue weighted by Gasteiger charge is 2.29. The normalized spacial score (nSPS) is 12.6. The van der Waals surface area contributed by atoms with E-state index in [2.05, 4.69) is 36.5 Å². The summed E-state index contributed by atoms with van der Waals surface area (Å²) in [5, 5.41) is 6.06. The van der Waals surface area contributed by atoms with Crippen LogP contribution in [0.5, 0.6) is 5.75 Å². The molecule has 1 aromatic heterocycles. The molecule has 2 heterocycles. The molecule has 0 aliphatic carbocycles. The van der Waals surface area contributed by atoms with E-state index in [4.69, 9.17) is 4.74 Å². The van der Waals surface area contributed by atoms with Gasteiger partial charge in [-0.15, -0.1) is 0 Å². The van der Waals surface area contributed by atoms with Crippen LogP contribution in [0.25, 0.3) is 11.3 Å². The van der Waals surface area contributed by atoms with E-state index < -0.39 is 0 Å². The van der Waals surface area contributed by atoms with E-state index in [0.717, 1.165) is 26.9 Å². The molecule has 0 atom stereocenters. The SMILES string of the molecule is COc1cccc(CNC(=O)CN2Cc3ccc(-c4nc(NC(C)C)ncc4Br)cc3C2=O)c1. The number of anilines is 1. The fourth-order valence-corrected chi connectivity index (χ4v) is 4.17. The highest BCUT2D eigenvalue weighted by molar-refractivity contribution is 9.10. The van der Waals surface area contributed by atoms with Crippen LogP contribution in [0.15, 0.2) is 53.1 Å². The summed E-state index contributed by atoms with van der Waals surface area (Å²) in [6.07, 6.45) is 1.70. The summed E-state index contributed by atoms with van der Waals surface area (Å²) in [7, 11) is 1.60. The molecule has 176 valence electrons. The molecule has 9 heteroatoms. The van der Waals surface area contributed by atoms with Crippen molar-refractivity contribution >= 4 is 33.7 Å². The van der Waals surface area contributed by atoms with Crippen molar-refractivity contribution in [2.75, 3.05) is 19.0 Å². The van der Waals surface area contributed by atoms with Crippen LogP contribution in [0.4, 0.5) is 5.95 Å². The van der Waals surface area contributed by atoms with E-state index >= 15 is 0 Å². The molecule has 4 rings (SSSR count). The van der Waals surface area contributed by atoms with Crippen molar-refractivity contribution in [2.45, 2.75) is 33.0 Å². The lowest BCUT2D eigenvalue weighted by molar-refractivity contribution is -0.122. The quantitative estimate of drug-likeness (QED) is 0.463. The van der Waals surface area contributed by atoms with Crippen LogP contribution in [-0.2, 0) is 17.9 Å². The Bertz CT molecular complexity index is 1230. The van der Waals surface area contributed by atoms with E-state index in [0.29, 0.717) is 30.3 Å². The third-order valence-electron chi connectivity index (χ3n) is 5.38. The van der Waals surface area contributed by atoms with Crippen LogP contribution >= 0.6 is 15.9 Å². The van der Waals surface area contributed by atoms with E-state index in [1.807, 2.05) is 56.3 Å². The van der Waals surface area contributed by atoms with Gasteiger partial charge in [-0.2, -0.15) is 0 Å². The Hall–Kier alpha value is -3.46. The minimum absolute atomic E-state index is 0.00747. The number of halogens is 1. The fraction of sp³-hybridized carbons (Fsp3) is 0.280. The van der Waals surface area contributed by atoms with Crippen LogP contribution in [0.1, 0.15) is 35.3 Å². The lowest BCUT2D eigenvalue weighted by Gasteiger charge is -2.15. The van der Waals surface area contributed by atoms with Gasteiger partial charge in [0.15, 0.2) is 0 Å². The van der Waals surface area contributed by atoms with Gasteiger partial charge in [0.2, 0.25) is 11.9 Å². The number of benzene rings is 2. The van der Waals surface area contributed by atoms with Gasteiger partial charge in [0.1, 0.15) is 12.3 Å². The first-order valence-electron chi connectivity index (χ1n) is 11.0. The number of methoxy groups -OCH3 is 1. The molecule has 0 bridgehead atoms. The molecule has 1 aliphatic heterocycles. The zero-order chi connectivity index (χ0) is 24.2. The van der Waals surface area contributed by atoms with Crippen molar-refractivity contribution in [1.82, 2.24) is 20.2 Å². The van der Waals surface area contributed by atoms with Crippen LogP contribution in [0.3, 0.4) is 0 Å². The predicted molar refractivity (Wildman–Crippen MR) is 134 cm³/mol. The van der Waals surface area contributed by atoms with E-state index in [1.165, 1.54) is 0 Å². The van der Waals surface area contributed by atoms with Crippen molar-refractivity contribution in [3.8, 4) is 17.0 Å². The van der Waals surface area contributed by atoms with Crippen LogP contribution in [0.2, 0.25) is 0 Å². The third-order valence-corrected chi connectivity index (χ3v) is 5.96. The lowest BCUT2D eigenvalue weighted by atomic mass is 10.0. The lowest BCUT2D eigenvalue weighted by Crippen LogP contribution is -2.37. The highest BCUT2D eigenvalue weighted by Crippen LogP contribution is 2.31. The van der Waals surface area contributed by atoms with Gasteiger partial charge in [-0.05, 0) is 59.1 Å². The molecule has 0 unspecified atom stereocenters. The number of rotatable bonds is 8. The summed E-state index contributed by atoms with van der Waals surface area (Å²) in [6, 6.07) is 13.4. The van der Waals surface area contributed by atoms with Crippen molar-refractivity contribution in [2.24, 2.45) is 0 Å². The Morgan fingerprint density at radius 2 is 2.06 bits per heavy atom. The average molecular weight is 524 g/mol. The zero-order valence-electron chi connectivity index (χ0n) is 19.3. The first kappa shape index (κ1) is 23.7. The predicted octanol–water partition coefficient (Wildman–Crippen LogP) is 4.01. The Morgan fingerprint density at radius 1 is 1.24 bits per heavy atom. The molecule has 8 nitrogen and oxygen atoms in total. The fourth-order valence-electron chi connectivity index (χ4n) is 3.75. The number of aromatic nitrogens is 2. The summed E-state index contributed by atoms with van der Waals surface area (Å²) in [6.45, 7) is 4.78. The van der Waals surface area contributed by atoms with Crippen molar-refractivity contribution < 1.29 is 14.3 Å². The minimum Gasteiger partial charge on any atom is -0.497 e. The maximum atomic E-state index is 13.0. The van der Waals surface area contributed by atoms with Crippen LogP contribution in [-0.4, -0.2) is 46.4 Å². The van der Waals surface area contributed by atoms with Gasteiger partial charge in [0, 0.05) is 36.5 Å². The largest absolute Gasteiger partial charge is 0.497 e. The maximum Gasteiger partial charge on any atom is 0.254 e. The van der Waals surface area contributed by atoms with Gasteiger partial charge < -0.3 is 20.3 Å². The van der Waals surface area contributed by atoms with Crippen molar-refractivity contribution in [3.05, 3.63) is 69.8 Å². The number of fused-ring (bicyclic) bond motifs is 1. The van der Waals surface area contributed by atoms with Crippen LogP contribution in [0, 0.1) is 0 Å². The molecule has 2 N–H and O–H groups in total. The molecule has 0 saturated carbocycles. The second-order valence-corrected chi connectivity index (χ2v) is 9.20. The number of carbonyl (C=O) groups excluding carboxylic acids is 2. The van der Waals surface area contributed by atoms with Gasteiger partial charge in [0.05, 0.1) is 17.3 Å². The summed E-state index contributed by atoms with van der Waals surface area (Å²) in [5.41, 5.74) is 3.90. The number of nitrogens with zero attached hydrogens (tertiary/aromatic N) is 3. The highest BCUT2D eigenvalue weighted by atomic mass is 79.9. The van der Waals surface area contributed by atoms with E-state index in [9.17, 15) is 9.59 Å². The molecule has 0 saturated heterocycles. The third kappa shape index (κ3) is 5.36. The second-order valence-electron chi connectivity index (χ2n) is 8.35. The molecular weight excluding hydrogens is 498 g/mol. The molecule has 0 radical (unpaired) electrons. The number of hydrogen-bond donors (Lipinski definition) is 2. The Labute approximate surface area is 206 Å². The summed E-state index contributed by atoms with van der Waals surface area (Å²) in [4.78, 5) is 36.0. The second kappa shape index (κ2) is 10.2. The van der Waals surface area contributed by atoms with Crippen molar-refractivity contribution in [3.63, 3.8) is 0 Å². The summed E-state index contributed by atoms with van der Waals surface area (Å²) >= 11 is 3.51. The summed E-state index contributed by atoms with van der Waals surface area (Å²) in [5.74, 6) is 0.871. The van der Waals surface area contributed by atoms with E-state index in [-0.39, 0.29) is 24.4 Å². The first-order chi connectivity index (χ1) is 16.3. The molecule has 0 spiro atoms. The molecule has 2 amide bonds. The minimum atomic E-state index is -0.216. The van der Waals surface area contributed by atoms with E-state index in [1.54, 1.807) is 18.2 Å². The average Bonchev–Trinajstić information content (AvgIpc) is 3.13. The smallest absolute Gasteiger partial charge is 0.254 e. The van der Waals surface area contributed by atoms with Gasteiger partial charge in [-0.1, -0.05) is 24.3 Å². The number of amides is 2. The van der Waals surface area contributed by atoms with Gasteiger partial charge in [-0.3, -0.25) is 9.59 Å². The van der Waals surface area contributed by atoms with Gasteiger partial charge in [-0.25, -0.2) is 9.97 Å². The number of hydrogen-bond acceptors (Lipinski definition) is 6. The topological polar surface area (TPSA) is 96.4 Å². The molecule has 34 heavy (non-hydrogen) atoms. The Kier molecular flexibility index (Phi) is 7.12. The Morgan fingerprint density at radius 3 is 2.82 bits per heavy atom. The molecule has 1 aliphatic rings. The first-order valence-corrected chi connectivity index (χ1v) is 11.7. The summed E-state index contributed by atoms with van der Waals surface area (Å²) < 4.78 is 5.95. The molecular formula is C25H26BrN5O3. The van der Waals surface area contributed by atoms with Gasteiger partial charge in [0.25, 0.3) is 5.91 Å². The number of ether oxygens (including phenoxy) is 1. The number of nitrogens with one attached hydrogen (secondary N) is 2. The zero-order valence-corrected chi connectivity index (χ0v) is 20.8. The molecule has 3 aromatic rings. The van der Waals surface area contributed by atoms with Crippen LogP contribution < -0.4 is 15.4 Å². The van der Waals surface area contributed by atoms with Crippen molar-refractivity contribution in [1.29, 1.82) is 0 Å². The standard InChI is InChI=1S/C25H26BrN5O3/c1-15(2)29-25-28-12-21(26)23(30-25)17-7-8-18-13-31(24(33)20(18)10-17)14-22(32)27-11-16-5-4-6-19(9-16)34-3/h4-10,12,15H,11,13-14H2,1-3H3,(H,27,32)(H,28,29,30). The van der Waals surface area contributed by atoms with Gasteiger partial charge >= 0.3 is 0 Å².